The fourth-order valence-electron chi connectivity index (χ4n) is 8.06. The van der Waals surface area contributed by atoms with E-state index >= 15 is 0 Å². The maximum atomic E-state index is 14.3. The Kier molecular flexibility index (Phi) is 7.12. The zero-order valence-corrected chi connectivity index (χ0v) is 25.1. The van der Waals surface area contributed by atoms with E-state index in [2.05, 4.69) is 47.2 Å². The number of amides is 1. The molecule has 0 atom stereocenters. The summed E-state index contributed by atoms with van der Waals surface area (Å²) in [7, 11) is 1.74. The second kappa shape index (κ2) is 10.8. The van der Waals surface area contributed by atoms with Crippen molar-refractivity contribution in [3.05, 3.63) is 60.0 Å². The topological polar surface area (TPSA) is 80.5 Å². The van der Waals surface area contributed by atoms with Crippen molar-refractivity contribution in [2.24, 2.45) is 11.3 Å². The molecule has 5 aliphatic carbocycles. The van der Waals surface area contributed by atoms with Gasteiger partial charge in [0.15, 0.2) is 0 Å². The van der Waals surface area contributed by atoms with Gasteiger partial charge in [0.2, 0.25) is 5.91 Å². The zero-order valence-electron chi connectivity index (χ0n) is 25.1. The number of aliphatic hydroxyl groups is 1. The maximum Gasteiger partial charge on any atom is 0.231 e. The molecule has 0 spiro atoms. The first-order valence-electron chi connectivity index (χ1n) is 16.0. The molecule has 2 aromatic heterocycles. The molecule has 0 unspecified atom stereocenters. The third-order valence-corrected chi connectivity index (χ3v) is 11.1. The molecule has 222 valence electrons. The number of fused-ring (bicyclic) bond motifs is 3. The van der Waals surface area contributed by atoms with Gasteiger partial charge >= 0.3 is 0 Å². The van der Waals surface area contributed by atoms with E-state index < -0.39 is 0 Å². The molecule has 7 nitrogen and oxygen atoms in total. The maximum absolute atomic E-state index is 14.3. The monoisotopic (exact) mass is 568 g/mol. The van der Waals surface area contributed by atoms with E-state index in [0.29, 0.717) is 18.9 Å². The predicted molar refractivity (Wildman–Crippen MR) is 164 cm³/mol. The third-order valence-electron chi connectivity index (χ3n) is 11.1. The highest BCUT2D eigenvalue weighted by molar-refractivity contribution is 5.95. The van der Waals surface area contributed by atoms with E-state index in [0.717, 1.165) is 80.6 Å². The van der Waals surface area contributed by atoms with Gasteiger partial charge in [-0.05, 0) is 130 Å². The van der Waals surface area contributed by atoms with Crippen molar-refractivity contribution in [1.29, 1.82) is 0 Å². The highest BCUT2D eigenvalue weighted by atomic mass is 16.5. The summed E-state index contributed by atoms with van der Waals surface area (Å²) >= 11 is 0. The van der Waals surface area contributed by atoms with Gasteiger partial charge in [0.25, 0.3) is 0 Å². The van der Waals surface area contributed by atoms with Gasteiger partial charge in [-0.25, -0.2) is 4.98 Å². The Morgan fingerprint density at radius 1 is 1.00 bits per heavy atom. The van der Waals surface area contributed by atoms with E-state index in [1.54, 1.807) is 7.11 Å². The first kappa shape index (κ1) is 27.6. The van der Waals surface area contributed by atoms with Gasteiger partial charge in [-0.15, -0.1) is 0 Å². The van der Waals surface area contributed by atoms with Gasteiger partial charge < -0.3 is 9.84 Å². The number of methoxy groups -OCH3 is 1. The number of pyridine rings is 1. The molecule has 5 saturated carbocycles. The average molecular weight is 569 g/mol. The average Bonchev–Trinajstić information content (AvgIpc) is 3.76. The smallest absolute Gasteiger partial charge is 0.231 e. The highest BCUT2D eigenvalue weighted by Crippen LogP contribution is 2.58. The SMILES string of the molecule is COc1ccc(C23CCC(CN(C(=O)C4CCC(O)CC4)c4cc(-c5cnn(C6CC6)c5)ccn4)(CC2)CC3)cc1C. The molecule has 5 fully saturated rings. The summed E-state index contributed by atoms with van der Waals surface area (Å²) in [5.74, 6) is 1.84. The number of anilines is 1. The van der Waals surface area contributed by atoms with Gasteiger partial charge in [0, 0.05) is 30.4 Å². The van der Waals surface area contributed by atoms with Crippen LogP contribution in [-0.2, 0) is 10.2 Å². The molecule has 0 aliphatic heterocycles. The van der Waals surface area contributed by atoms with E-state index in [4.69, 9.17) is 9.72 Å². The third kappa shape index (κ3) is 5.14. The van der Waals surface area contributed by atoms with Crippen LogP contribution in [0, 0.1) is 18.3 Å². The normalized spacial score (nSPS) is 28.9. The summed E-state index contributed by atoms with van der Waals surface area (Å²) in [5.41, 5.74) is 5.13. The number of carbonyl (C=O) groups is 1. The minimum absolute atomic E-state index is 0.0542. The second-order valence-electron chi connectivity index (χ2n) is 13.7. The van der Waals surface area contributed by atoms with Crippen LogP contribution in [0.15, 0.2) is 48.9 Å². The van der Waals surface area contributed by atoms with Crippen molar-refractivity contribution in [1.82, 2.24) is 14.8 Å². The molecule has 1 aromatic carbocycles. The number of benzene rings is 1. The van der Waals surface area contributed by atoms with Gasteiger partial charge in [-0.3, -0.25) is 14.4 Å². The second-order valence-corrected chi connectivity index (χ2v) is 13.7. The number of hydrogen-bond acceptors (Lipinski definition) is 5. The molecule has 1 amide bonds. The minimum Gasteiger partial charge on any atom is -0.496 e. The summed E-state index contributed by atoms with van der Waals surface area (Å²) in [6, 6.07) is 11.4. The Bertz CT molecular complexity index is 1430. The van der Waals surface area contributed by atoms with Crippen LogP contribution in [0.25, 0.3) is 11.1 Å². The van der Waals surface area contributed by atoms with Gasteiger partial charge in [-0.2, -0.15) is 5.10 Å². The number of hydrogen-bond donors (Lipinski definition) is 1. The molecule has 2 bridgehead atoms. The van der Waals surface area contributed by atoms with Crippen molar-refractivity contribution < 1.29 is 14.6 Å². The number of ether oxygens (including phenoxy) is 1. The van der Waals surface area contributed by atoms with Crippen molar-refractivity contribution in [3.8, 4) is 16.9 Å². The van der Waals surface area contributed by atoms with E-state index in [1.807, 2.05) is 23.4 Å². The van der Waals surface area contributed by atoms with E-state index in [-0.39, 0.29) is 28.8 Å². The molecule has 5 aliphatic rings. The van der Waals surface area contributed by atoms with Crippen LogP contribution in [0.1, 0.15) is 94.2 Å². The first-order valence-corrected chi connectivity index (χ1v) is 16.0. The Morgan fingerprint density at radius 3 is 2.40 bits per heavy atom. The van der Waals surface area contributed by atoms with Crippen molar-refractivity contribution >= 4 is 11.7 Å². The Morgan fingerprint density at radius 2 is 1.74 bits per heavy atom. The summed E-state index contributed by atoms with van der Waals surface area (Å²) in [6.07, 6.45) is 17.8. The summed E-state index contributed by atoms with van der Waals surface area (Å²) < 4.78 is 7.61. The fourth-order valence-corrected chi connectivity index (χ4v) is 8.06. The lowest BCUT2D eigenvalue weighted by Gasteiger charge is -2.55. The zero-order chi connectivity index (χ0) is 28.9. The van der Waals surface area contributed by atoms with E-state index in [1.165, 1.54) is 24.0 Å². The lowest BCUT2D eigenvalue weighted by Crippen LogP contribution is -2.52. The molecule has 0 saturated heterocycles. The number of aromatic nitrogens is 3. The number of aliphatic hydroxyl groups excluding tert-OH is 1. The molecule has 3 aromatic rings. The fraction of sp³-hybridized carbons (Fsp3) is 0.571. The molecular formula is C35H44N4O3. The van der Waals surface area contributed by atoms with Crippen molar-refractivity contribution in [2.45, 2.75) is 102 Å². The van der Waals surface area contributed by atoms with Gasteiger partial charge in [0.1, 0.15) is 11.6 Å². The Balaban J connectivity index is 1.15. The van der Waals surface area contributed by atoms with Crippen molar-refractivity contribution in [2.75, 3.05) is 18.6 Å². The Labute approximate surface area is 249 Å². The molecule has 8 rings (SSSR count). The molecule has 0 radical (unpaired) electrons. The molecule has 7 heteroatoms. The van der Waals surface area contributed by atoms with Crippen LogP contribution in [0.3, 0.4) is 0 Å². The Hall–Kier alpha value is -3.19. The summed E-state index contributed by atoms with van der Waals surface area (Å²) in [6.45, 7) is 2.86. The highest BCUT2D eigenvalue weighted by Gasteiger charge is 2.50. The van der Waals surface area contributed by atoms with Gasteiger partial charge in [0.05, 0.1) is 25.5 Å². The largest absolute Gasteiger partial charge is 0.496 e. The summed E-state index contributed by atoms with van der Waals surface area (Å²) in [4.78, 5) is 21.1. The van der Waals surface area contributed by atoms with Crippen LogP contribution in [0.4, 0.5) is 5.82 Å². The lowest BCUT2D eigenvalue weighted by atomic mass is 9.51. The number of aryl methyl sites for hydroxylation is 1. The molecule has 42 heavy (non-hydrogen) atoms. The number of rotatable bonds is 8. The molecular weight excluding hydrogens is 524 g/mol. The molecule has 2 heterocycles. The number of carbonyl (C=O) groups excluding carboxylic acids is 1. The van der Waals surface area contributed by atoms with Crippen LogP contribution in [-0.4, -0.2) is 45.5 Å². The van der Waals surface area contributed by atoms with Gasteiger partial charge in [-0.1, -0.05) is 12.1 Å². The minimum atomic E-state index is -0.281. The number of nitrogens with zero attached hydrogens (tertiary/aromatic N) is 4. The van der Waals surface area contributed by atoms with Crippen LogP contribution in [0.2, 0.25) is 0 Å². The van der Waals surface area contributed by atoms with E-state index in [9.17, 15) is 9.90 Å². The first-order chi connectivity index (χ1) is 20.4. The lowest BCUT2D eigenvalue weighted by molar-refractivity contribution is -0.124. The van der Waals surface area contributed by atoms with Crippen LogP contribution < -0.4 is 9.64 Å². The summed E-state index contributed by atoms with van der Waals surface area (Å²) in [5, 5.41) is 14.7. The molecule has 1 N–H and O–H groups in total. The van der Waals surface area contributed by atoms with Crippen molar-refractivity contribution in [3.63, 3.8) is 0 Å². The predicted octanol–water partition coefficient (Wildman–Crippen LogP) is 6.77. The quantitative estimate of drug-likeness (QED) is 0.324. The standard InChI is InChI=1S/C35H44N4O3/c1-24-19-28(5-10-31(24)42-2)35-15-12-34(13-16-35,14-17-35)23-38(33(41)25-3-8-30(40)9-4-25)32-20-26(11-18-36-32)27-21-37-39(22-27)29-6-7-29/h5,10-11,18-22,25,29-30,40H,3-4,6-9,12-17,23H2,1-2H3. The van der Waals surface area contributed by atoms with Crippen LogP contribution in [0.5, 0.6) is 5.75 Å². The van der Waals surface area contributed by atoms with Crippen LogP contribution >= 0.6 is 0 Å².